The van der Waals surface area contributed by atoms with Crippen LogP contribution in [0.3, 0.4) is 0 Å². The molecule has 0 radical (unpaired) electrons. The highest BCUT2D eigenvalue weighted by Crippen LogP contribution is 2.21. The van der Waals surface area contributed by atoms with Gasteiger partial charge in [-0.2, -0.15) is 0 Å². The van der Waals surface area contributed by atoms with E-state index in [2.05, 4.69) is 0 Å². The highest BCUT2D eigenvalue weighted by Gasteiger charge is 2.39. The fourth-order valence-corrected chi connectivity index (χ4v) is 1.51. The van der Waals surface area contributed by atoms with Crippen LogP contribution in [0, 0.1) is 0 Å². The Morgan fingerprint density at radius 2 is 2.25 bits per heavy atom. The largest absolute Gasteiger partial charge is 0.441 e. The summed E-state index contributed by atoms with van der Waals surface area (Å²) in [6.07, 6.45) is -0.684. The molecule has 0 aromatic rings. The van der Waals surface area contributed by atoms with Gasteiger partial charge >= 0.3 is 6.09 Å². The summed E-state index contributed by atoms with van der Waals surface area (Å²) in [4.78, 5) is 12.8. The third-order valence-electron chi connectivity index (χ3n) is 2.18. The topological polar surface area (TPSA) is 49.8 Å². The van der Waals surface area contributed by atoms with Crippen LogP contribution in [0.2, 0.25) is 0 Å². The molecule has 70 valence electrons. The zero-order chi connectivity index (χ0) is 9.30. The number of nitrogens with zero attached hydrogens (tertiary/aromatic N) is 1. The number of aliphatic hydroxyl groups excluding tert-OH is 1. The summed E-state index contributed by atoms with van der Waals surface area (Å²) < 4.78 is 4.93. The lowest BCUT2D eigenvalue weighted by Gasteiger charge is -2.23. The van der Waals surface area contributed by atoms with Gasteiger partial charge in [0.2, 0.25) is 0 Å². The van der Waals surface area contributed by atoms with E-state index in [9.17, 15) is 4.79 Å². The van der Waals surface area contributed by atoms with E-state index in [1.807, 2.05) is 20.8 Å². The van der Waals surface area contributed by atoms with E-state index in [0.29, 0.717) is 0 Å². The second-order valence-electron chi connectivity index (χ2n) is 3.35. The fourth-order valence-electron chi connectivity index (χ4n) is 1.51. The predicted molar refractivity (Wildman–Crippen MR) is 43.8 cm³/mol. The van der Waals surface area contributed by atoms with Gasteiger partial charge in [-0.3, -0.25) is 4.90 Å². The van der Waals surface area contributed by atoms with Crippen molar-refractivity contribution in [2.45, 2.75) is 39.0 Å². The normalized spacial score (nSPS) is 29.8. The molecule has 1 saturated heterocycles. The highest BCUT2D eigenvalue weighted by molar-refractivity contribution is 5.71. The van der Waals surface area contributed by atoms with E-state index < -0.39 is 0 Å². The smallest absolute Gasteiger partial charge is 0.410 e. The monoisotopic (exact) mass is 173 g/mol. The quantitative estimate of drug-likeness (QED) is 0.665. The van der Waals surface area contributed by atoms with Gasteiger partial charge in [0.1, 0.15) is 6.10 Å². The average molecular weight is 173 g/mol. The fraction of sp³-hybridized carbons (Fsp3) is 0.875. The number of carbonyl (C=O) groups excluding carboxylic acids is 1. The van der Waals surface area contributed by atoms with Crippen molar-refractivity contribution in [3.05, 3.63) is 0 Å². The van der Waals surface area contributed by atoms with Crippen molar-refractivity contribution in [1.29, 1.82) is 0 Å². The molecule has 1 fully saturated rings. The highest BCUT2D eigenvalue weighted by atomic mass is 16.6. The van der Waals surface area contributed by atoms with Gasteiger partial charge in [0.05, 0.1) is 12.6 Å². The summed E-state index contributed by atoms with van der Waals surface area (Å²) in [5, 5.41) is 8.85. The second-order valence-corrected chi connectivity index (χ2v) is 3.35. The van der Waals surface area contributed by atoms with E-state index in [1.165, 1.54) is 0 Å². The maximum Gasteiger partial charge on any atom is 0.410 e. The molecule has 0 aromatic carbocycles. The number of hydrogen-bond acceptors (Lipinski definition) is 3. The van der Waals surface area contributed by atoms with Gasteiger partial charge in [-0.05, 0) is 20.8 Å². The van der Waals surface area contributed by atoms with Gasteiger partial charge in [0, 0.05) is 6.04 Å². The number of ether oxygens (including phenoxy) is 1. The molecule has 0 aromatic heterocycles. The Morgan fingerprint density at radius 1 is 1.67 bits per heavy atom. The summed E-state index contributed by atoms with van der Waals surface area (Å²) in [5.74, 6) is 0. The summed E-state index contributed by atoms with van der Waals surface area (Å²) >= 11 is 0. The molecule has 0 saturated carbocycles. The van der Waals surface area contributed by atoms with Gasteiger partial charge in [0.25, 0.3) is 0 Å². The van der Waals surface area contributed by atoms with Crippen molar-refractivity contribution in [1.82, 2.24) is 4.90 Å². The molecular weight excluding hydrogens is 158 g/mol. The van der Waals surface area contributed by atoms with Crippen molar-refractivity contribution in [2.24, 2.45) is 0 Å². The molecule has 1 amide bonds. The minimum atomic E-state index is -0.361. The first-order chi connectivity index (χ1) is 5.57. The molecule has 12 heavy (non-hydrogen) atoms. The van der Waals surface area contributed by atoms with Crippen molar-refractivity contribution in [3.63, 3.8) is 0 Å². The van der Waals surface area contributed by atoms with Gasteiger partial charge in [-0.1, -0.05) is 0 Å². The number of aliphatic hydroxyl groups is 1. The summed E-state index contributed by atoms with van der Waals surface area (Å²) in [5.41, 5.74) is 0. The Labute approximate surface area is 72.1 Å². The van der Waals surface area contributed by atoms with Crippen molar-refractivity contribution in [2.75, 3.05) is 6.61 Å². The molecule has 1 aliphatic heterocycles. The summed E-state index contributed by atoms with van der Waals surface area (Å²) in [7, 11) is 0. The first kappa shape index (κ1) is 9.32. The van der Waals surface area contributed by atoms with Crippen LogP contribution in [0.4, 0.5) is 4.79 Å². The molecule has 0 aliphatic carbocycles. The third-order valence-corrected chi connectivity index (χ3v) is 2.18. The molecule has 1 rings (SSSR count). The number of carbonyl (C=O) groups is 1. The minimum Gasteiger partial charge on any atom is -0.441 e. The lowest BCUT2D eigenvalue weighted by atomic mass is 10.1. The zero-order valence-corrected chi connectivity index (χ0v) is 7.65. The lowest BCUT2D eigenvalue weighted by molar-refractivity contribution is 0.0853. The Balaban J connectivity index is 2.70. The van der Waals surface area contributed by atoms with E-state index in [1.54, 1.807) is 4.90 Å². The van der Waals surface area contributed by atoms with Crippen LogP contribution >= 0.6 is 0 Å². The van der Waals surface area contributed by atoms with E-state index in [4.69, 9.17) is 9.84 Å². The maximum absolute atomic E-state index is 11.2. The Bertz CT molecular complexity index is 181. The minimum absolute atomic E-state index is 0.0255. The van der Waals surface area contributed by atoms with Crippen LogP contribution in [-0.2, 0) is 4.74 Å². The molecule has 2 atom stereocenters. The van der Waals surface area contributed by atoms with Crippen LogP contribution in [-0.4, -0.2) is 40.9 Å². The Kier molecular flexibility index (Phi) is 2.57. The van der Waals surface area contributed by atoms with Crippen LogP contribution in [0.15, 0.2) is 0 Å². The molecule has 4 heteroatoms. The molecule has 4 nitrogen and oxygen atoms in total. The number of amides is 1. The molecule has 0 spiro atoms. The number of rotatable bonds is 2. The molecule has 0 unspecified atom stereocenters. The first-order valence-electron chi connectivity index (χ1n) is 4.17. The molecule has 1 N–H and O–H groups in total. The van der Waals surface area contributed by atoms with E-state index in [0.717, 1.165) is 0 Å². The van der Waals surface area contributed by atoms with Crippen LogP contribution < -0.4 is 0 Å². The number of cyclic esters (lactones) is 1. The third kappa shape index (κ3) is 1.39. The SMILES string of the molecule is CC(C)N1C(=O)O[C@H](CO)[C@H]1C. The second kappa shape index (κ2) is 3.31. The molecular formula is C8H15NO3. The van der Waals surface area contributed by atoms with Crippen molar-refractivity contribution < 1.29 is 14.6 Å². The predicted octanol–water partition coefficient (Wildman–Crippen LogP) is 0.596. The summed E-state index contributed by atoms with van der Waals surface area (Å²) in [6.45, 7) is 5.64. The standard InChI is InChI=1S/C8H15NO3/c1-5(2)9-6(3)7(4-10)12-8(9)11/h5-7,10H,4H2,1-3H3/t6-,7-/m1/s1. The van der Waals surface area contributed by atoms with Crippen molar-refractivity contribution >= 4 is 6.09 Å². The zero-order valence-electron chi connectivity index (χ0n) is 7.65. The van der Waals surface area contributed by atoms with Gasteiger partial charge in [-0.25, -0.2) is 4.79 Å². The van der Waals surface area contributed by atoms with E-state index in [-0.39, 0.29) is 30.9 Å². The molecule has 0 bridgehead atoms. The Hall–Kier alpha value is -0.770. The number of hydrogen-bond donors (Lipinski definition) is 1. The summed E-state index contributed by atoms with van der Waals surface area (Å²) in [6, 6.07) is 0.103. The molecule has 1 heterocycles. The van der Waals surface area contributed by atoms with Gasteiger partial charge < -0.3 is 9.84 Å². The lowest BCUT2D eigenvalue weighted by Crippen LogP contribution is -2.39. The van der Waals surface area contributed by atoms with Gasteiger partial charge in [0.15, 0.2) is 0 Å². The first-order valence-corrected chi connectivity index (χ1v) is 4.17. The molecule has 1 aliphatic rings. The van der Waals surface area contributed by atoms with Crippen molar-refractivity contribution in [3.8, 4) is 0 Å². The van der Waals surface area contributed by atoms with Crippen LogP contribution in [0.25, 0.3) is 0 Å². The van der Waals surface area contributed by atoms with Crippen LogP contribution in [0.5, 0.6) is 0 Å². The maximum atomic E-state index is 11.2. The van der Waals surface area contributed by atoms with E-state index >= 15 is 0 Å². The Morgan fingerprint density at radius 3 is 2.50 bits per heavy atom. The van der Waals surface area contributed by atoms with Gasteiger partial charge in [-0.15, -0.1) is 0 Å². The average Bonchev–Trinajstić information content (AvgIpc) is 2.25. The van der Waals surface area contributed by atoms with Crippen LogP contribution in [0.1, 0.15) is 20.8 Å².